The van der Waals surface area contributed by atoms with E-state index in [4.69, 9.17) is 14.3 Å². The molecule has 34 valence electrons. The summed E-state index contributed by atoms with van der Waals surface area (Å²) in [5, 5.41) is 0. The summed E-state index contributed by atoms with van der Waals surface area (Å²) in [4.78, 5) is 0. The fourth-order valence-corrected chi connectivity index (χ4v) is 0. The van der Waals surface area contributed by atoms with Crippen LogP contribution in [0.25, 0.3) is 0 Å². The molecule has 0 aliphatic rings. The second-order valence-corrected chi connectivity index (χ2v) is 2.09. The Labute approximate surface area is 128 Å². The van der Waals surface area contributed by atoms with Crippen molar-refractivity contribution in [2.24, 2.45) is 0 Å². The molecule has 0 aliphatic carbocycles. The van der Waals surface area contributed by atoms with Gasteiger partial charge < -0.3 is 0 Å². The molecule has 0 amide bonds. The van der Waals surface area contributed by atoms with Gasteiger partial charge in [-0.25, -0.2) is 0 Å². The molecule has 0 aromatic heterocycles. The van der Waals surface area contributed by atoms with Crippen molar-refractivity contribution in [2.45, 2.75) is 0 Å². The number of rotatable bonds is 0. The molecule has 0 aromatic rings. The van der Waals surface area contributed by atoms with Crippen molar-refractivity contribution in [3.8, 4) is 0 Å². The van der Waals surface area contributed by atoms with Crippen LogP contribution in [0.4, 0.5) is 0 Å². The predicted molar refractivity (Wildman–Crippen MR) is 2.75 cm³/mol. The van der Waals surface area contributed by atoms with E-state index in [1.54, 1.807) is 0 Å². The van der Waals surface area contributed by atoms with Gasteiger partial charge in [0.25, 0.3) is 0 Å². The molecule has 0 aromatic carbocycles. The summed E-state index contributed by atoms with van der Waals surface area (Å²) in [5.41, 5.74) is 0. The molecule has 0 spiro atoms. The predicted octanol–water partition coefficient (Wildman–Crippen LogP) is -6.47. The van der Waals surface area contributed by atoms with E-state index in [0.717, 1.165) is 0 Å². The van der Waals surface area contributed by atoms with Crippen molar-refractivity contribution in [1.82, 2.24) is 0 Å². The molecule has 4 nitrogen and oxygen atoms in total. The minimum absolute atomic E-state index is 0. The Morgan fingerprint density at radius 1 is 0.714 bits per heavy atom. The number of hydrogen-bond donors (Lipinski definition) is 0. The van der Waals surface area contributed by atoms with E-state index in [9.17, 15) is 0 Å². The van der Waals surface area contributed by atoms with Gasteiger partial charge in [-0.1, -0.05) is 0 Å². The Morgan fingerprint density at radius 3 is 0.714 bits per heavy atom. The molecule has 0 bridgehead atoms. The zero-order chi connectivity index (χ0) is 4.50. The van der Waals surface area contributed by atoms with E-state index in [2.05, 4.69) is 0 Å². The van der Waals surface area contributed by atoms with Crippen LogP contribution < -0.4 is 103 Å². The van der Waals surface area contributed by atoms with Gasteiger partial charge in [0.2, 0.25) is 0 Å². The molecule has 0 rings (SSSR count). The maximum absolute atomic E-state index is 8.61. The van der Waals surface area contributed by atoms with Crippen LogP contribution in [0.3, 0.4) is 0 Å². The maximum atomic E-state index is 8.61. The van der Waals surface area contributed by atoms with Crippen molar-refractivity contribution < 1.29 is 132 Å². The van der Waals surface area contributed by atoms with Gasteiger partial charge in [0.1, 0.15) is 0 Å². The minimum atomic E-state index is -5.86. The van der Waals surface area contributed by atoms with E-state index in [1.807, 2.05) is 0 Å². The average Bonchev–Trinajstić information content (AvgIpc) is 0.722. The van der Waals surface area contributed by atoms with Crippen LogP contribution in [-0.2, 0) is 28.9 Å². The van der Waals surface area contributed by atoms with Gasteiger partial charge in [0, 0.05) is 0 Å². The van der Waals surface area contributed by atoms with E-state index in [0.29, 0.717) is 0 Å². The molecule has 0 fully saturated rings. The summed E-state index contributed by atoms with van der Waals surface area (Å²) < 4.78 is 34.4. The average molecular weight is 243 g/mol. The van der Waals surface area contributed by atoms with Crippen LogP contribution in [0.1, 0.15) is 0 Å². The summed E-state index contributed by atoms with van der Waals surface area (Å²) in [5.74, 6) is 0. The van der Waals surface area contributed by atoms with Crippen molar-refractivity contribution in [3.63, 3.8) is 0 Å². The van der Waals surface area contributed by atoms with Gasteiger partial charge in [0.05, 0.1) is 0 Å². The quantitative estimate of drug-likeness (QED) is 0.397. The first kappa shape index (κ1) is 16.6. The van der Waals surface area contributed by atoms with Crippen LogP contribution in [0.2, 0.25) is 0 Å². The second-order valence-electron chi connectivity index (χ2n) is 0.354. The fraction of sp³-hybridized carbons (Fsp3) is 0. The summed E-state index contributed by atoms with van der Waals surface area (Å²) in [6, 6.07) is 0. The zero-order valence-electron chi connectivity index (χ0n) is 3.99. The van der Waals surface area contributed by atoms with Crippen molar-refractivity contribution in [3.05, 3.63) is 0 Å². The fourth-order valence-electron chi connectivity index (χ4n) is 0. The zero-order valence-corrected chi connectivity index (χ0v) is 12.0. The van der Waals surface area contributed by atoms with Crippen LogP contribution in [0.5, 0.6) is 0 Å². The monoisotopic (exact) mass is 244 g/mol. The molecule has 0 saturated heterocycles. The van der Waals surface area contributed by atoms with Gasteiger partial charge in [-0.2, -0.15) is 0 Å². The Hall–Kier alpha value is 3.10. The standard InChI is InChI=1S/2K.4O.Ru/q2*+1;;;;;-2. The SMILES string of the molecule is [K+].[K+].[O]=[Ru-2](=[O])(=[O])=[O]. The normalized spacial score (nSPS) is 10.3. The molecule has 0 atom stereocenters. The first-order valence-corrected chi connectivity index (χ1v) is 3.42. The Bertz CT molecular complexity index is 161. The Kier molecular flexibility index (Phi) is 17.1. The van der Waals surface area contributed by atoms with Crippen molar-refractivity contribution >= 4 is 0 Å². The summed E-state index contributed by atoms with van der Waals surface area (Å²) in [6.45, 7) is 0. The van der Waals surface area contributed by atoms with Crippen LogP contribution in [-0.4, -0.2) is 0 Å². The second kappa shape index (κ2) is 7.21. The van der Waals surface area contributed by atoms with E-state index in [-0.39, 0.29) is 103 Å². The van der Waals surface area contributed by atoms with Crippen LogP contribution >= 0.6 is 0 Å². The molecule has 0 saturated carbocycles. The molecule has 0 aliphatic heterocycles. The summed E-state index contributed by atoms with van der Waals surface area (Å²) in [6.07, 6.45) is 0. The first-order chi connectivity index (χ1) is 2.00. The summed E-state index contributed by atoms with van der Waals surface area (Å²) in [7, 11) is 0. The van der Waals surface area contributed by atoms with Crippen molar-refractivity contribution in [2.75, 3.05) is 0 Å². The molecule has 0 radical (unpaired) electrons. The van der Waals surface area contributed by atoms with Gasteiger partial charge in [0.15, 0.2) is 0 Å². The Balaban J connectivity index is -0.0000000800. The molecule has 0 unspecified atom stereocenters. The van der Waals surface area contributed by atoms with Gasteiger partial charge in [-0.05, 0) is 0 Å². The first-order valence-electron chi connectivity index (χ1n) is 0.577. The van der Waals surface area contributed by atoms with E-state index >= 15 is 0 Å². The van der Waals surface area contributed by atoms with Crippen LogP contribution in [0.15, 0.2) is 0 Å². The molecule has 0 heterocycles. The number of hydrogen-bond acceptors (Lipinski definition) is 4. The third-order valence-electron chi connectivity index (χ3n) is 0. The summed E-state index contributed by atoms with van der Waals surface area (Å²) >= 11 is -5.86. The molecule has 7 heavy (non-hydrogen) atoms. The van der Waals surface area contributed by atoms with E-state index < -0.39 is 14.6 Å². The molecule has 0 N–H and O–H groups in total. The van der Waals surface area contributed by atoms with Gasteiger partial charge in [-0.15, -0.1) is 0 Å². The molecular weight excluding hydrogens is 243 g/mol. The van der Waals surface area contributed by atoms with Gasteiger partial charge >= 0.3 is 132 Å². The third-order valence-corrected chi connectivity index (χ3v) is 0. The van der Waals surface area contributed by atoms with Gasteiger partial charge in [-0.3, -0.25) is 0 Å². The van der Waals surface area contributed by atoms with E-state index in [1.165, 1.54) is 0 Å². The van der Waals surface area contributed by atoms with Crippen LogP contribution in [0, 0.1) is 0 Å². The topological polar surface area (TPSA) is 68.3 Å². The molecular formula is K2O4Ru. The third kappa shape index (κ3) is 47.8. The Morgan fingerprint density at radius 2 is 0.714 bits per heavy atom. The molecule has 7 heteroatoms. The van der Waals surface area contributed by atoms with Crippen molar-refractivity contribution in [1.29, 1.82) is 0 Å².